The standard InChI is InChI=1S/C19H23ClN2O5/c20-14-5-16-15(25-1-2-26-16)3-11(14)4-18(24)22-7-13-12(8-23)17-6-21-9-19(13,10-22)27-17/h3,5,12-13,17,21,23H,1-2,4,6-10H2/t12-,13+,17+,19+/m0/s1. The van der Waals surface area contributed by atoms with Crippen molar-refractivity contribution in [1.82, 2.24) is 10.2 Å². The summed E-state index contributed by atoms with van der Waals surface area (Å²) in [5, 5.41) is 13.7. The lowest BCUT2D eigenvalue weighted by Crippen LogP contribution is -2.52. The average molecular weight is 395 g/mol. The summed E-state index contributed by atoms with van der Waals surface area (Å²) in [6.45, 7) is 3.74. The number of morpholine rings is 1. The van der Waals surface area contributed by atoms with Crippen molar-refractivity contribution < 1.29 is 24.1 Å². The van der Waals surface area contributed by atoms with E-state index >= 15 is 0 Å². The molecule has 5 rings (SSSR count). The van der Waals surface area contributed by atoms with Crippen molar-refractivity contribution >= 4 is 17.5 Å². The number of likely N-dealkylation sites (tertiary alicyclic amines) is 1. The molecule has 0 saturated carbocycles. The molecule has 1 amide bonds. The number of nitrogens with one attached hydrogen (secondary N) is 1. The Morgan fingerprint density at radius 3 is 2.89 bits per heavy atom. The van der Waals surface area contributed by atoms with Crippen molar-refractivity contribution in [2.75, 3.05) is 46.0 Å². The number of halogens is 1. The van der Waals surface area contributed by atoms with Gasteiger partial charge >= 0.3 is 0 Å². The van der Waals surface area contributed by atoms with E-state index in [2.05, 4.69) is 5.32 Å². The number of fused-ring (bicyclic) bond motifs is 2. The van der Waals surface area contributed by atoms with Gasteiger partial charge in [0, 0.05) is 49.2 Å². The molecule has 4 aliphatic rings. The fourth-order valence-corrected chi connectivity index (χ4v) is 5.23. The van der Waals surface area contributed by atoms with Gasteiger partial charge in [0.25, 0.3) is 0 Å². The first-order chi connectivity index (χ1) is 13.1. The molecule has 2 bridgehead atoms. The summed E-state index contributed by atoms with van der Waals surface area (Å²) in [7, 11) is 0. The lowest BCUT2D eigenvalue weighted by Gasteiger charge is -2.34. The Kier molecular flexibility index (Phi) is 4.23. The van der Waals surface area contributed by atoms with Crippen LogP contribution >= 0.6 is 11.6 Å². The molecule has 2 N–H and O–H groups in total. The van der Waals surface area contributed by atoms with Crippen LogP contribution in [0.1, 0.15) is 5.56 Å². The Morgan fingerprint density at radius 1 is 1.33 bits per heavy atom. The summed E-state index contributed by atoms with van der Waals surface area (Å²) in [6, 6.07) is 3.52. The van der Waals surface area contributed by atoms with Gasteiger partial charge in [0.05, 0.1) is 19.1 Å². The van der Waals surface area contributed by atoms with Crippen molar-refractivity contribution in [2.45, 2.75) is 18.1 Å². The number of aliphatic hydroxyl groups excluding tert-OH is 1. The monoisotopic (exact) mass is 394 g/mol. The van der Waals surface area contributed by atoms with Crippen molar-refractivity contribution in [3.8, 4) is 11.5 Å². The molecular weight excluding hydrogens is 372 g/mol. The molecule has 1 spiro atoms. The van der Waals surface area contributed by atoms with E-state index in [1.54, 1.807) is 12.1 Å². The van der Waals surface area contributed by atoms with Crippen LogP contribution in [0.25, 0.3) is 0 Å². The molecule has 4 atom stereocenters. The highest BCUT2D eigenvalue weighted by Crippen LogP contribution is 2.47. The van der Waals surface area contributed by atoms with E-state index in [0.717, 1.165) is 18.7 Å². The molecule has 4 aliphatic heterocycles. The van der Waals surface area contributed by atoms with Crippen LogP contribution < -0.4 is 14.8 Å². The van der Waals surface area contributed by atoms with E-state index in [4.69, 9.17) is 25.8 Å². The summed E-state index contributed by atoms with van der Waals surface area (Å²) in [5.41, 5.74) is 0.363. The van der Waals surface area contributed by atoms with Gasteiger partial charge in [0.1, 0.15) is 18.8 Å². The van der Waals surface area contributed by atoms with Gasteiger partial charge in [0.2, 0.25) is 5.91 Å². The lowest BCUT2D eigenvalue weighted by molar-refractivity contribution is -0.133. The molecule has 27 heavy (non-hydrogen) atoms. The van der Waals surface area contributed by atoms with Gasteiger partial charge in [-0.15, -0.1) is 0 Å². The van der Waals surface area contributed by atoms with Gasteiger partial charge in [-0.05, 0) is 11.6 Å². The number of aliphatic hydroxyl groups is 1. The maximum absolute atomic E-state index is 13.0. The third kappa shape index (κ3) is 2.79. The van der Waals surface area contributed by atoms with Crippen molar-refractivity contribution in [3.63, 3.8) is 0 Å². The molecule has 1 aromatic rings. The Bertz CT molecular complexity index is 775. The molecule has 8 heteroatoms. The fraction of sp³-hybridized carbons (Fsp3) is 0.632. The summed E-state index contributed by atoms with van der Waals surface area (Å²) < 4.78 is 17.4. The molecule has 4 heterocycles. The van der Waals surface area contributed by atoms with Crippen LogP contribution in [0, 0.1) is 11.8 Å². The molecule has 3 saturated heterocycles. The SMILES string of the molecule is O=C(Cc1cc2c(cc1Cl)OCCO2)N1C[C@@H]2[C@H](CO)[C@H]3CNC[C@]2(C1)O3. The first-order valence-corrected chi connectivity index (χ1v) is 9.82. The van der Waals surface area contributed by atoms with Crippen molar-refractivity contribution in [1.29, 1.82) is 0 Å². The third-order valence-electron chi connectivity index (χ3n) is 6.32. The minimum Gasteiger partial charge on any atom is -0.486 e. The molecule has 7 nitrogen and oxygen atoms in total. The van der Waals surface area contributed by atoms with Crippen molar-refractivity contribution in [2.24, 2.45) is 11.8 Å². The van der Waals surface area contributed by atoms with Crippen LogP contribution in [0.4, 0.5) is 0 Å². The second-order valence-corrected chi connectivity index (χ2v) is 8.25. The van der Waals surface area contributed by atoms with Crippen LogP contribution in [-0.2, 0) is 16.0 Å². The molecule has 146 valence electrons. The summed E-state index contributed by atoms with van der Waals surface area (Å²) in [4.78, 5) is 14.8. The number of hydrogen-bond acceptors (Lipinski definition) is 6. The fourth-order valence-electron chi connectivity index (χ4n) is 5.01. The van der Waals surface area contributed by atoms with Gasteiger partial charge in [-0.3, -0.25) is 4.79 Å². The smallest absolute Gasteiger partial charge is 0.227 e. The zero-order valence-electron chi connectivity index (χ0n) is 14.9. The molecule has 0 radical (unpaired) electrons. The number of nitrogens with zero attached hydrogens (tertiary/aromatic N) is 1. The topological polar surface area (TPSA) is 80.3 Å². The second-order valence-electron chi connectivity index (χ2n) is 7.84. The Morgan fingerprint density at radius 2 is 2.11 bits per heavy atom. The number of carbonyl (C=O) groups is 1. The number of benzene rings is 1. The van der Waals surface area contributed by atoms with Crippen molar-refractivity contribution in [3.05, 3.63) is 22.7 Å². The predicted molar refractivity (Wildman–Crippen MR) is 97.3 cm³/mol. The Labute approximate surface area is 162 Å². The van der Waals surface area contributed by atoms with Gasteiger partial charge in [0.15, 0.2) is 11.5 Å². The van der Waals surface area contributed by atoms with Crippen LogP contribution in [0.3, 0.4) is 0 Å². The Balaban J connectivity index is 1.33. The van der Waals surface area contributed by atoms with Crippen LogP contribution in [0.5, 0.6) is 11.5 Å². The number of hydrogen-bond donors (Lipinski definition) is 2. The van der Waals surface area contributed by atoms with Crippen LogP contribution in [0.15, 0.2) is 12.1 Å². The molecule has 0 unspecified atom stereocenters. The average Bonchev–Trinajstić information content (AvgIpc) is 3.10. The van der Waals surface area contributed by atoms with Crippen LogP contribution in [-0.4, -0.2) is 73.6 Å². The summed E-state index contributed by atoms with van der Waals surface area (Å²) in [5.74, 6) is 1.52. The normalized spacial score (nSPS) is 33.9. The molecule has 0 aliphatic carbocycles. The third-order valence-corrected chi connectivity index (χ3v) is 6.67. The van der Waals surface area contributed by atoms with Gasteiger partial charge in [-0.25, -0.2) is 0 Å². The quantitative estimate of drug-likeness (QED) is 0.775. The number of amides is 1. The summed E-state index contributed by atoms with van der Waals surface area (Å²) in [6.07, 6.45) is 0.247. The molecule has 0 aromatic heterocycles. The zero-order chi connectivity index (χ0) is 18.6. The highest BCUT2D eigenvalue weighted by Gasteiger charge is 2.61. The van der Waals surface area contributed by atoms with E-state index in [-0.39, 0.29) is 42.5 Å². The number of carbonyl (C=O) groups excluding carboxylic acids is 1. The maximum atomic E-state index is 13.0. The second kappa shape index (κ2) is 6.51. The molecule has 3 fully saturated rings. The van der Waals surface area contributed by atoms with E-state index in [1.807, 2.05) is 4.90 Å². The Hall–Kier alpha value is -1.54. The molecular formula is C19H23ClN2O5. The minimum atomic E-state index is -0.372. The van der Waals surface area contributed by atoms with E-state index in [0.29, 0.717) is 42.8 Å². The zero-order valence-corrected chi connectivity index (χ0v) is 15.7. The predicted octanol–water partition coefficient (Wildman–Crippen LogP) is 0.461. The first kappa shape index (κ1) is 17.6. The van der Waals surface area contributed by atoms with Gasteiger partial charge < -0.3 is 29.5 Å². The van der Waals surface area contributed by atoms with E-state index in [9.17, 15) is 9.90 Å². The lowest BCUT2D eigenvalue weighted by atomic mass is 9.83. The molecule has 1 aromatic carbocycles. The highest BCUT2D eigenvalue weighted by atomic mass is 35.5. The van der Waals surface area contributed by atoms with E-state index < -0.39 is 0 Å². The minimum absolute atomic E-state index is 0.0137. The van der Waals surface area contributed by atoms with Crippen LogP contribution in [0.2, 0.25) is 5.02 Å². The maximum Gasteiger partial charge on any atom is 0.227 e. The van der Waals surface area contributed by atoms with Gasteiger partial charge in [-0.2, -0.15) is 0 Å². The first-order valence-electron chi connectivity index (χ1n) is 9.45. The van der Waals surface area contributed by atoms with Gasteiger partial charge in [-0.1, -0.05) is 11.6 Å². The number of ether oxygens (including phenoxy) is 3. The summed E-state index contributed by atoms with van der Waals surface area (Å²) >= 11 is 6.36. The van der Waals surface area contributed by atoms with E-state index in [1.165, 1.54) is 0 Å². The highest BCUT2D eigenvalue weighted by molar-refractivity contribution is 6.31. The number of rotatable bonds is 3. The largest absolute Gasteiger partial charge is 0.486 e.